The summed E-state index contributed by atoms with van der Waals surface area (Å²) in [5.74, 6) is 0.567. The van der Waals surface area contributed by atoms with Gasteiger partial charge in [-0.25, -0.2) is 4.79 Å². The minimum absolute atomic E-state index is 0.123. The lowest BCUT2D eigenvalue weighted by Crippen LogP contribution is -2.58. The Hall–Kier alpha value is -3.03. The molecule has 1 saturated heterocycles. The van der Waals surface area contributed by atoms with Gasteiger partial charge >= 0.3 is 6.03 Å². The molecule has 1 aromatic carbocycles. The molecule has 8 nitrogen and oxygen atoms in total. The molecule has 0 radical (unpaired) electrons. The molecule has 1 aliphatic heterocycles. The molecule has 1 fully saturated rings. The van der Waals surface area contributed by atoms with Crippen LogP contribution in [0.4, 0.5) is 16.2 Å². The number of carbonyl (C=O) groups excluding carboxylic acids is 2. The summed E-state index contributed by atoms with van der Waals surface area (Å²) in [4.78, 5) is 28.7. The van der Waals surface area contributed by atoms with Crippen molar-refractivity contribution in [1.82, 2.24) is 14.7 Å². The molecule has 3 rings (SSSR count). The molecule has 1 aliphatic rings. The van der Waals surface area contributed by atoms with E-state index in [0.717, 1.165) is 11.4 Å². The Morgan fingerprint density at radius 2 is 2.12 bits per heavy atom. The second-order valence-electron chi connectivity index (χ2n) is 6.29. The molecule has 2 heterocycles. The van der Waals surface area contributed by atoms with E-state index in [2.05, 4.69) is 10.4 Å². The summed E-state index contributed by atoms with van der Waals surface area (Å²) in [6, 6.07) is 6.49. The summed E-state index contributed by atoms with van der Waals surface area (Å²) in [5.41, 5.74) is 2.14. The Bertz CT molecular complexity index is 832. The normalized spacial score (nSPS) is 17.4. The van der Waals surface area contributed by atoms with E-state index in [-0.39, 0.29) is 11.9 Å². The number of nitrogens with one attached hydrogen (secondary N) is 1. The van der Waals surface area contributed by atoms with Crippen LogP contribution in [0.25, 0.3) is 0 Å². The summed E-state index contributed by atoms with van der Waals surface area (Å²) in [6.07, 6.45) is 1.74. The quantitative estimate of drug-likeness (QED) is 0.911. The molecule has 0 aliphatic carbocycles. The van der Waals surface area contributed by atoms with Crippen LogP contribution in [-0.2, 0) is 11.8 Å². The number of amides is 3. The molecule has 8 heteroatoms. The Morgan fingerprint density at radius 3 is 2.77 bits per heavy atom. The molecule has 1 unspecified atom stereocenters. The van der Waals surface area contributed by atoms with Gasteiger partial charge < -0.3 is 19.9 Å². The number of anilines is 2. The maximum Gasteiger partial charge on any atom is 0.322 e. The first-order chi connectivity index (χ1) is 12.4. The third-order valence-corrected chi connectivity index (χ3v) is 4.54. The van der Waals surface area contributed by atoms with Crippen molar-refractivity contribution in [3.05, 3.63) is 36.2 Å². The lowest BCUT2D eigenvalue weighted by atomic mass is 10.1. The van der Waals surface area contributed by atoms with Crippen molar-refractivity contribution in [2.75, 3.05) is 30.4 Å². The highest BCUT2D eigenvalue weighted by Crippen LogP contribution is 2.25. The van der Waals surface area contributed by atoms with Crippen molar-refractivity contribution < 1.29 is 14.3 Å². The van der Waals surface area contributed by atoms with Crippen molar-refractivity contribution in [1.29, 1.82) is 0 Å². The van der Waals surface area contributed by atoms with Crippen LogP contribution in [0, 0.1) is 6.92 Å². The predicted molar refractivity (Wildman–Crippen MR) is 98.5 cm³/mol. The fraction of sp³-hybridized carbons (Fsp3) is 0.389. The van der Waals surface area contributed by atoms with E-state index in [9.17, 15) is 9.59 Å². The van der Waals surface area contributed by atoms with Gasteiger partial charge in [0.2, 0.25) is 5.91 Å². The lowest BCUT2D eigenvalue weighted by Gasteiger charge is -2.39. The first-order valence-electron chi connectivity index (χ1n) is 8.44. The standard InChI is InChI=1S/C18H23N5O3/c1-12-16(11-21(3)20-12)19-18(25)22-8-9-23(17(24)13(22)2)14-6-5-7-15(10-14)26-4/h5-7,10-11,13H,8-9H2,1-4H3,(H,19,25). The maximum absolute atomic E-state index is 12.8. The van der Waals surface area contributed by atoms with E-state index >= 15 is 0 Å². The van der Waals surface area contributed by atoms with Gasteiger partial charge in [-0.1, -0.05) is 6.07 Å². The smallest absolute Gasteiger partial charge is 0.322 e. The molecular formula is C18H23N5O3. The number of carbonyl (C=O) groups is 2. The average Bonchev–Trinajstić information content (AvgIpc) is 2.94. The van der Waals surface area contributed by atoms with Gasteiger partial charge in [-0.3, -0.25) is 9.48 Å². The summed E-state index contributed by atoms with van der Waals surface area (Å²) in [6.45, 7) is 4.43. The summed E-state index contributed by atoms with van der Waals surface area (Å²) in [7, 11) is 3.38. The minimum Gasteiger partial charge on any atom is -0.497 e. The predicted octanol–water partition coefficient (Wildman–Crippen LogP) is 2.01. The Labute approximate surface area is 152 Å². The SMILES string of the molecule is COc1cccc(N2CCN(C(=O)Nc3cn(C)nc3C)C(C)C2=O)c1. The molecular weight excluding hydrogens is 334 g/mol. The molecule has 0 spiro atoms. The molecule has 1 N–H and O–H groups in total. The number of aromatic nitrogens is 2. The highest BCUT2D eigenvalue weighted by molar-refractivity contribution is 6.02. The van der Waals surface area contributed by atoms with Crippen molar-refractivity contribution in [3.63, 3.8) is 0 Å². The van der Waals surface area contributed by atoms with Gasteiger partial charge in [-0.2, -0.15) is 5.10 Å². The maximum atomic E-state index is 12.8. The van der Waals surface area contributed by atoms with Crippen molar-refractivity contribution in [2.45, 2.75) is 19.9 Å². The third-order valence-electron chi connectivity index (χ3n) is 4.54. The summed E-state index contributed by atoms with van der Waals surface area (Å²) in [5, 5.41) is 7.05. The van der Waals surface area contributed by atoms with Crippen molar-refractivity contribution in [3.8, 4) is 5.75 Å². The first-order valence-corrected chi connectivity index (χ1v) is 8.44. The van der Waals surface area contributed by atoms with E-state index in [1.807, 2.05) is 31.2 Å². The highest BCUT2D eigenvalue weighted by Gasteiger charge is 2.35. The number of nitrogens with zero attached hydrogens (tertiary/aromatic N) is 4. The molecule has 26 heavy (non-hydrogen) atoms. The monoisotopic (exact) mass is 357 g/mol. The Morgan fingerprint density at radius 1 is 1.35 bits per heavy atom. The third kappa shape index (κ3) is 3.35. The number of hydrogen-bond donors (Lipinski definition) is 1. The molecule has 3 amide bonds. The van der Waals surface area contributed by atoms with E-state index < -0.39 is 6.04 Å². The number of aryl methyl sites for hydroxylation is 2. The van der Waals surface area contributed by atoms with E-state index in [0.29, 0.717) is 24.5 Å². The zero-order valence-electron chi connectivity index (χ0n) is 15.4. The van der Waals surface area contributed by atoms with E-state index in [1.165, 1.54) is 0 Å². The molecule has 1 atom stereocenters. The van der Waals surface area contributed by atoms with Gasteiger partial charge in [0.05, 0.1) is 18.5 Å². The second-order valence-corrected chi connectivity index (χ2v) is 6.29. The van der Waals surface area contributed by atoms with E-state index in [1.54, 1.807) is 41.8 Å². The lowest BCUT2D eigenvalue weighted by molar-refractivity contribution is -0.123. The highest BCUT2D eigenvalue weighted by atomic mass is 16.5. The fourth-order valence-corrected chi connectivity index (χ4v) is 3.09. The van der Waals surface area contributed by atoms with Crippen LogP contribution in [0.2, 0.25) is 0 Å². The first kappa shape index (κ1) is 17.8. The number of hydrogen-bond acceptors (Lipinski definition) is 4. The van der Waals surface area contributed by atoms with E-state index in [4.69, 9.17) is 4.74 Å². The van der Waals surface area contributed by atoms with Crippen LogP contribution in [0.3, 0.4) is 0 Å². The molecule has 0 bridgehead atoms. The fourth-order valence-electron chi connectivity index (χ4n) is 3.09. The van der Waals surface area contributed by atoms with Crippen molar-refractivity contribution >= 4 is 23.3 Å². The van der Waals surface area contributed by atoms with Crippen LogP contribution < -0.4 is 15.0 Å². The average molecular weight is 357 g/mol. The summed E-state index contributed by atoms with van der Waals surface area (Å²) >= 11 is 0. The van der Waals surface area contributed by atoms with Gasteiger partial charge in [-0.05, 0) is 26.0 Å². The number of ether oxygens (including phenoxy) is 1. The molecule has 0 saturated carbocycles. The second kappa shape index (κ2) is 7.07. The van der Waals surface area contributed by atoms with Gasteiger partial charge in [0, 0.05) is 38.1 Å². The van der Waals surface area contributed by atoms with Crippen LogP contribution in [0.1, 0.15) is 12.6 Å². The molecule has 138 valence electrons. The van der Waals surface area contributed by atoms with Crippen LogP contribution in [-0.4, -0.2) is 52.9 Å². The van der Waals surface area contributed by atoms with Crippen molar-refractivity contribution in [2.24, 2.45) is 7.05 Å². The molecule has 1 aromatic heterocycles. The number of rotatable bonds is 3. The number of urea groups is 1. The van der Waals surface area contributed by atoms with Crippen LogP contribution in [0.15, 0.2) is 30.5 Å². The van der Waals surface area contributed by atoms with Gasteiger partial charge in [-0.15, -0.1) is 0 Å². The largest absolute Gasteiger partial charge is 0.497 e. The van der Waals surface area contributed by atoms with Crippen LogP contribution >= 0.6 is 0 Å². The van der Waals surface area contributed by atoms with Gasteiger partial charge in [0.1, 0.15) is 11.8 Å². The summed E-state index contributed by atoms with van der Waals surface area (Å²) < 4.78 is 6.87. The number of benzene rings is 1. The van der Waals surface area contributed by atoms with Gasteiger partial charge in [0.25, 0.3) is 0 Å². The topological polar surface area (TPSA) is 79.7 Å². The Balaban J connectivity index is 1.72. The number of piperazine rings is 1. The Kier molecular flexibility index (Phi) is 4.83. The molecule has 2 aromatic rings. The number of methoxy groups -OCH3 is 1. The van der Waals surface area contributed by atoms with Gasteiger partial charge in [0.15, 0.2) is 0 Å². The minimum atomic E-state index is -0.563. The zero-order chi connectivity index (χ0) is 18.8. The van der Waals surface area contributed by atoms with Crippen LogP contribution in [0.5, 0.6) is 5.75 Å². The zero-order valence-corrected chi connectivity index (χ0v) is 15.4.